The van der Waals surface area contributed by atoms with Gasteiger partial charge in [-0.05, 0) is 49.6 Å². The Bertz CT molecular complexity index is 411. The van der Waals surface area contributed by atoms with Gasteiger partial charge in [0.1, 0.15) is 0 Å². The molecule has 3 heteroatoms. The minimum atomic E-state index is -0.832. The molecule has 0 heterocycles. The molecule has 1 N–H and O–H groups in total. The van der Waals surface area contributed by atoms with E-state index in [4.69, 9.17) is 4.65 Å². The molecule has 0 unspecified atom stereocenters. The van der Waals surface area contributed by atoms with Crippen molar-refractivity contribution in [3.63, 3.8) is 0 Å². The highest BCUT2D eigenvalue weighted by molar-refractivity contribution is 6.60. The highest BCUT2D eigenvalue weighted by Gasteiger charge is 2.31. The monoisotopic (exact) mass is 246 g/mol. The first-order chi connectivity index (χ1) is 8.40. The van der Waals surface area contributed by atoms with Crippen LogP contribution in [-0.4, -0.2) is 17.7 Å². The van der Waals surface area contributed by atoms with Crippen LogP contribution < -0.4 is 5.46 Å². The van der Waals surface area contributed by atoms with Crippen LogP contribution in [0.5, 0.6) is 0 Å². The summed E-state index contributed by atoms with van der Waals surface area (Å²) >= 11 is 0. The molecule has 0 saturated heterocycles. The van der Waals surface area contributed by atoms with Gasteiger partial charge in [0, 0.05) is 0 Å². The maximum absolute atomic E-state index is 10.2. The predicted octanol–water partition coefficient (Wildman–Crippen LogP) is 2.70. The molecule has 0 aliphatic heterocycles. The molecule has 98 valence electrons. The van der Waals surface area contributed by atoms with Crippen LogP contribution in [-0.2, 0) is 4.65 Å². The van der Waals surface area contributed by atoms with Crippen LogP contribution in [0.25, 0.3) is 0 Å². The van der Waals surface area contributed by atoms with Crippen molar-refractivity contribution in [3.05, 3.63) is 29.8 Å². The van der Waals surface area contributed by atoms with E-state index in [1.165, 1.54) is 18.4 Å². The van der Waals surface area contributed by atoms with Gasteiger partial charge in [0.05, 0.1) is 5.60 Å². The van der Waals surface area contributed by atoms with Crippen molar-refractivity contribution in [1.82, 2.24) is 0 Å². The molecule has 0 radical (unpaired) electrons. The van der Waals surface area contributed by atoms with Crippen LogP contribution in [0.3, 0.4) is 0 Å². The molecule has 1 aromatic rings. The minimum Gasteiger partial charge on any atom is -0.423 e. The lowest BCUT2D eigenvalue weighted by Gasteiger charge is -2.31. The lowest BCUT2D eigenvalue weighted by atomic mass is 9.76. The molecule has 0 atom stereocenters. The normalized spacial score (nSPS) is 16.1. The summed E-state index contributed by atoms with van der Waals surface area (Å²) in [6.45, 7) is 8.25. The van der Waals surface area contributed by atoms with Crippen LogP contribution in [0.4, 0.5) is 0 Å². The molecule has 1 fully saturated rings. The average molecular weight is 246 g/mol. The van der Waals surface area contributed by atoms with Gasteiger partial charge in [-0.3, -0.25) is 0 Å². The second-order valence-corrected chi connectivity index (χ2v) is 6.17. The van der Waals surface area contributed by atoms with Crippen molar-refractivity contribution in [1.29, 1.82) is 0 Å². The largest absolute Gasteiger partial charge is 0.491 e. The molecule has 2 rings (SSSR count). The second kappa shape index (κ2) is 5.06. The van der Waals surface area contributed by atoms with Crippen LogP contribution >= 0.6 is 0 Å². The quantitative estimate of drug-likeness (QED) is 0.809. The number of hydrogen-bond donors (Lipinski definition) is 1. The SMILES string of the molecule is CC(C)C(C)(C)OB(O)c1cccc(C2CC2)c1. The summed E-state index contributed by atoms with van der Waals surface area (Å²) in [5, 5.41) is 10.2. The summed E-state index contributed by atoms with van der Waals surface area (Å²) in [4.78, 5) is 0. The lowest BCUT2D eigenvalue weighted by molar-refractivity contribution is 0.0423. The zero-order chi connectivity index (χ0) is 13.3. The van der Waals surface area contributed by atoms with E-state index < -0.39 is 7.12 Å². The second-order valence-electron chi connectivity index (χ2n) is 6.17. The number of benzene rings is 1. The Hall–Kier alpha value is -0.795. The molecule has 0 spiro atoms. The number of hydrogen-bond acceptors (Lipinski definition) is 2. The van der Waals surface area contributed by atoms with Crippen molar-refractivity contribution in [2.24, 2.45) is 5.92 Å². The van der Waals surface area contributed by atoms with E-state index in [0.717, 1.165) is 5.46 Å². The van der Waals surface area contributed by atoms with Gasteiger partial charge in [0.2, 0.25) is 0 Å². The zero-order valence-corrected chi connectivity index (χ0v) is 11.8. The van der Waals surface area contributed by atoms with Crippen molar-refractivity contribution < 1.29 is 9.68 Å². The molecule has 1 aliphatic carbocycles. The maximum atomic E-state index is 10.2. The van der Waals surface area contributed by atoms with Crippen molar-refractivity contribution in [3.8, 4) is 0 Å². The Morgan fingerprint density at radius 2 is 2.00 bits per heavy atom. The van der Waals surface area contributed by atoms with E-state index in [0.29, 0.717) is 11.8 Å². The summed E-state index contributed by atoms with van der Waals surface area (Å²) in [5.74, 6) is 1.06. The zero-order valence-electron chi connectivity index (χ0n) is 11.8. The van der Waals surface area contributed by atoms with Gasteiger partial charge in [0.15, 0.2) is 0 Å². The Balaban J connectivity index is 2.08. The third kappa shape index (κ3) is 3.15. The van der Waals surface area contributed by atoms with E-state index in [-0.39, 0.29) is 5.60 Å². The smallest absolute Gasteiger partial charge is 0.423 e. The summed E-state index contributed by atoms with van der Waals surface area (Å²) in [6, 6.07) is 8.17. The van der Waals surface area contributed by atoms with Crippen LogP contribution in [0.1, 0.15) is 52.0 Å². The molecule has 0 amide bonds. The van der Waals surface area contributed by atoms with Crippen molar-refractivity contribution >= 4 is 12.6 Å². The van der Waals surface area contributed by atoms with Crippen LogP contribution in [0.15, 0.2) is 24.3 Å². The predicted molar refractivity (Wildman–Crippen MR) is 76.0 cm³/mol. The van der Waals surface area contributed by atoms with E-state index in [9.17, 15) is 5.02 Å². The first-order valence-electron chi connectivity index (χ1n) is 6.86. The Labute approximate surface area is 111 Å². The Morgan fingerprint density at radius 1 is 1.33 bits per heavy atom. The first kappa shape index (κ1) is 13.6. The third-order valence-electron chi connectivity index (χ3n) is 4.05. The molecule has 0 aromatic heterocycles. The van der Waals surface area contributed by atoms with Gasteiger partial charge in [-0.1, -0.05) is 38.1 Å². The first-order valence-corrected chi connectivity index (χ1v) is 6.86. The fraction of sp³-hybridized carbons (Fsp3) is 0.600. The molecule has 1 saturated carbocycles. The van der Waals surface area contributed by atoms with Crippen LogP contribution in [0, 0.1) is 5.92 Å². The van der Waals surface area contributed by atoms with Crippen LogP contribution in [0.2, 0.25) is 0 Å². The van der Waals surface area contributed by atoms with Gasteiger partial charge in [-0.25, -0.2) is 0 Å². The Kier molecular flexibility index (Phi) is 3.83. The van der Waals surface area contributed by atoms with E-state index >= 15 is 0 Å². The highest BCUT2D eigenvalue weighted by Crippen LogP contribution is 2.39. The molecule has 1 aromatic carbocycles. The summed E-state index contributed by atoms with van der Waals surface area (Å²) in [5.41, 5.74) is 1.88. The summed E-state index contributed by atoms with van der Waals surface area (Å²) < 4.78 is 5.80. The Morgan fingerprint density at radius 3 is 2.56 bits per heavy atom. The minimum absolute atomic E-state index is 0.324. The maximum Gasteiger partial charge on any atom is 0.491 e. The van der Waals surface area contributed by atoms with Gasteiger partial charge in [-0.2, -0.15) is 0 Å². The molecular weight excluding hydrogens is 223 g/mol. The van der Waals surface area contributed by atoms with Gasteiger partial charge in [0.25, 0.3) is 0 Å². The highest BCUT2D eigenvalue weighted by atomic mass is 16.5. The van der Waals surface area contributed by atoms with Gasteiger partial charge < -0.3 is 9.68 Å². The van der Waals surface area contributed by atoms with E-state index in [1.807, 2.05) is 26.0 Å². The standard InChI is InChI=1S/C15H23BO2/c1-11(2)15(3,4)18-16(17)14-7-5-6-13(10-14)12-8-9-12/h5-7,10-12,17H,8-9H2,1-4H3. The van der Waals surface area contributed by atoms with Crippen molar-refractivity contribution in [2.45, 2.75) is 52.1 Å². The third-order valence-corrected chi connectivity index (χ3v) is 4.05. The molecule has 0 bridgehead atoms. The van der Waals surface area contributed by atoms with Gasteiger partial charge >= 0.3 is 7.12 Å². The van der Waals surface area contributed by atoms with Gasteiger partial charge in [-0.15, -0.1) is 0 Å². The molecule has 1 aliphatic rings. The fourth-order valence-corrected chi connectivity index (χ4v) is 1.88. The summed E-state index contributed by atoms with van der Waals surface area (Å²) in [6.07, 6.45) is 2.55. The topological polar surface area (TPSA) is 29.5 Å². The summed E-state index contributed by atoms with van der Waals surface area (Å²) in [7, 11) is -0.832. The van der Waals surface area contributed by atoms with E-state index in [1.54, 1.807) is 0 Å². The number of rotatable bonds is 5. The molecule has 18 heavy (non-hydrogen) atoms. The van der Waals surface area contributed by atoms with E-state index in [2.05, 4.69) is 26.0 Å². The van der Waals surface area contributed by atoms with Crippen molar-refractivity contribution in [2.75, 3.05) is 0 Å². The average Bonchev–Trinajstić information content (AvgIpc) is 3.12. The lowest BCUT2D eigenvalue weighted by Crippen LogP contribution is -2.44. The molecule has 2 nitrogen and oxygen atoms in total. The molecular formula is C15H23BO2. The fourth-order valence-electron chi connectivity index (χ4n) is 1.88.